The van der Waals surface area contributed by atoms with Crippen LogP contribution in [0.3, 0.4) is 0 Å². The lowest BCUT2D eigenvalue weighted by molar-refractivity contribution is -0.0340. The molecule has 1 heterocycles. The number of aromatic amines is 1. The van der Waals surface area contributed by atoms with Crippen LogP contribution in [0.25, 0.3) is 0 Å². The van der Waals surface area contributed by atoms with E-state index in [1.807, 2.05) is 4.98 Å². The molecule has 154 valence electrons. The van der Waals surface area contributed by atoms with E-state index in [1.165, 1.54) is 19.6 Å². The van der Waals surface area contributed by atoms with E-state index >= 15 is 0 Å². The zero-order valence-electron chi connectivity index (χ0n) is 15.8. The van der Waals surface area contributed by atoms with Crippen LogP contribution in [0.5, 0.6) is 0 Å². The van der Waals surface area contributed by atoms with E-state index in [4.69, 9.17) is 20.9 Å². The molecule has 0 spiro atoms. The monoisotopic (exact) mass is 405 g/mol. The molecule has 11 heteroatoms. The minimum atomic E-state index is -4.49. The van der Waals surface area contributed by atoms with E-state index in [-0.39, 0.29) is 6.54 Å². The molecule has 0 aromatic carbocycles. The molecule has 4 N–H and O–H groups in total. The summed E-state index contributed by atoms with van der Waals surface area (Å²) < 4.78 is 16.6. The standard InChI is InChI=1S/C10H13N2O7P.C6H15N/c1-2-10(6-13,19-7-20(16,17)18)5-12-4-3-8(14)11-9(12)15;1-4-7(5-2)6-3/h1,3-4,13H,5-7H2,(H,11,14,15)(H2,16,17,18);4-6H2,1-3H3. The van der Waals surface area contributed by atoms with Gasteiger partial charge in [0.15, 0.2) is 11.9 Å². The van der Waals surface area contributed by atoms with E-state index in [0.717, 1.165) is 16.8 Å². The van der Waals surface area contributed by atoms with Gasteiger partial charge in [-0.3, -0.25) is 18.9 Å². The van der Waals surface area contributed by atoms with Crippen LogP contribution in [0.1, 0.15) is 20.8 Å². The fourth-order valence-electron chi connectivity index (χ4n) is 2.00. The van der Waals surface area contributed by atoms with Crippen molar-refractivity contribution in [3.8, 4) is 12.3 Å². The van der Waals surface area contributed by atoms with Crippen LogP contribution in [0.4, 0.5) is 0 Å². The Balaban J connectivity index is 0.000000821. The number of H-pyrrole nitrogens is 1. The average molecular weight is 405 g/mol. The third kappa shape index (κ3) is 9.68. The van der Waals surface area contributed by atoms with Crippen LogP contribution < -0.4 is 11.2 Å². The number of hydrogen-bond donors (Lipinski definition) is 4. The number of rotatable bonds is 9. The fraction of sp³-hybridized carbons (Fsp3) is 0.625. The second kappa shape index (κ2) is 11.9. The maximum atomic E-state index is 11.5. The van der Waals surface area contributed by atoms with E-state index in [2.05, 4.69) is 31.6 Å². The molecule has 0 saturated carbocycles. The molecule has 1 rings (SSSR count). The van der Waals surface area contributed by atoms with Crippen molar-refractivity contribution in [3.63, 3.8) is 0 Å². The largest absolute Gasteiger partial charge is 0.392 e. The second-order valence-corrected chi connectivity index (χ2v) is 7.18. The van der Waals surface area contributed by atoms with E-state index in [9.17, 15) is 19.3 Å². The van der Waals surface area contributed by atoms with Gasteiger partial charge in [0.1, 0.15) is 0 Å². The van der Waals surface area contributed by atoms with Gasteiger partial charge in [0.2, 0.25) is 0 Å². The Morgan fingerprint density at radius 3 is 2.19 bits per heavy atom. The van der Waals surface area contributed by atoms with Crippen molar-refractivity contribution in [2.24, 2.45) is 0 Å². The van der Waals surface area contributed by atoms with Crippen molar-refractivity contribution < 1.29 is 24.2 Å². The minimum absolute atomic E-state index is 0.379. The van der Waals surface area contributed by atoms with Gasteiger partial charge < -0.3 is 24.5 Å². The zero-order valence-corrected chi connectivity index (χ0v) is 16.7. The van der Waals surface area contributed by atoms with Crippen molar-refractivity contribution in [2.75, 3.05) is 32.6 Å². The Bertz CT molecular complexity index is 755. The van der Waals surface area contributed by atoms with Gasteiger partial charge in [-0.15, -0.1) is 6.42 Å². The topological polar surface area (TPSA) is 145 Å². The molecule has 0 radical (unpaired) electrons. The quantitative estimate of drug-likeness (QED) is 0.315. The summed E-state index contributed by atoms with van der Waals surface area (Å²) in [5.41, 5.74) is -3.19. The molecule has 27 heavy (non-hydrogen) atoms. The molecule has 0 fully saturated rings. The predicted octanol–water partition coefficient (Wildman–Crippen LogP) is -0.599. The third-order valence-corrected chi connectivity index (χ3v) is 4.16. The number of hydrogen-bond acceptors (Lipinski definition) is 6. The first-order valence-electron chi connectivity index (χ1n) is 8.35. The first kappa shape index (κ1) is 25.3. The van der Waals surface area contributed by atoms with Gasteiger partial charge in [0.05, 0.1) is 13.2 Å². The molecule has 1 aromatic heterocycles. The predicted molar refractivity (Wildman–Crippen MR) is 101 cm³/mol. The molecule has 0 amide bonds. The van der Waals surface area contributed by atoms with Crippen molar-refractivity contribution in [3.05, 3.63) is 33.1 Å². The van der Waals surface area contributed by atoms with Gasteiger partial charge in [-0.1, -0.05) is 26.7 Å². The lowest BCUT2D eigenvalue weighted by atomic mass is 10.1. The van der Waals surface area contributed by atoms with Gasteiger partial charge in [-0.25, -0.2) is 4.79 Å². The van der Waals surface area contributed by atoms with Gasteiger partial charge in [0.25, 0.3) is 5.56 Å². The number of aromatic nitrogens is 2. The van der Waals surface area contributed by atoms with Gasteiger partial charge in [0, 0.05) is 12.3 Å². The number of ether oxygens (including phenoxy) is 1. The summed E-state index contributed by atoms with van der Waals surface area (Å²) in [6.45, 7) is 8.98. The molecular weight excluding hydrogens is 377 g/mol. The van der Waals surface area contributed by atoms with Crippen LogP contribution >= 0.6 is 7.60 Å². The molecule has 10 nitrogen and oxygen atoms in total. The lowest BCUT2D eigenvalue weighted by Gasteiger charge is -2.27. The van der Waals surface area contributed by atoms with Gasteiger partial charge in [-0.05, 0) is 19.6 Å². The maximum Gasteiger partial charge on any atom is 0.351 e. The summed E-state index contributed by atoms with van der Waals surface area (Å²) in [6.07, 6.45) is 5.32. The van der Waals surface area contributed by atoms with Crippen LogP contribution in [-0.2, 0) is 15.8 Å². The highest BCUT2D eigenvalue weighted by molar-refractivity contribution is 7.51. The number of nitrogens with one attached hydrogen (secondary N) is 1. The Morgan fingerprint density at radius 2 is 1.85 bits per heavy atom. The highest BCUT2D eigenvalue weighted by atomic mass is 31.2. The molecule has 0 aliphatic carbocycles. The fourth-order valence-corrected chi connectivity index (χ4v) is 2.41. The summed E-state index contributed by atoms with van der Waals surface area (Å²) in [5, 5.41) is 9.27. The van der Waals surface area contributed by atoms with Gasteiger partial charge in [-0.2, -0.15) is 0 Å². The van der Waals surface area contributed by atoms with Crippen LogP contribution in [0.2, 0.25) is 0 Å². The lowest BCUT2D eigenvalue weighted by Crippen LogP contribution is -2.44. The molecule has 0 aliphatic heterocycles. The summed E-state index contributed by atoms with van der Waals surface area (Å²) >= 11 is 0. The molecule has 1 unspecified atom stereocenters. The SMILES string of the molecule is C#CC(CO)(Cn1ccc(=O)[nH]c1=O)OCP(=O)(O)O.CCN(CC)CC. The van der Waals surface area contributed by atoms with E-state index in [1.54, 1.807) is 0 Å². The molecule has 0 saturated heterocycles. The number of aliphatic hydroxyl groups is 1. The van der Waals surface area contributed by atoms with Crippen molar-refractivity contribution in [1.29, 1.82) is 0 Å². The summed E-state index contributed by atoms with van der Waals surface area (Å²) in [4.78, 5) is 44.3. The van der Waals surface area contributed by atoms with Crippen LogP contribution in [0.15, 0.2) is 21.9 Å². The Hall–Kier alpha value is -1.73. The van der Waals surface area contributed by atoms with Crippen LogP contribution in [0, 0.1) is 12.3 Å². The first-order valence-corrected chi connectivity index (χ1v) is 10.1. The summed E-state index contributed by atoms with van der Waals surface area (Å²) in [6, 6.07) is 1.06. The second-order valence-electron chi connectivity index (χ2n) is 5.59. The Kier molecular flexibility index (Phi) is 11.1. The highest BCUT2D eigenvalue weighted by Gasteiger charge is 2.32. The van der Waals surface area contributed by atoms with Gasteiger partial charge >= 0.3 is 13.3 Å². The Morgan fingerprint density at radius 1 is 1.30 bits per heavy atom. The molecule has 0 aliphatic rings. The third-order valence-electron chi connectivity index (χ3n) is 3.69. The van der Waals surface area contributed by atoms with Crippen molar-refractivity contribution >= 4 is 7.60 Å². The highest BCUT2D eigenvalue weighted by Crippen LogP contribution is 2.35. The van der Waals surface area contributed by atoms with Crippen molar-refractivity contribution in [1.82, 2.24) is 14.5 Å². The molecule has 1 aromatic rings. The smallest absolute Gasteiger partial charge is 0.351 e. The minimum Gasteiger partial charge on any atom is -0.392 e. The zero-order chi connectivity index (χ0) is 21.1. The van der Waals surface area contributed by atoms with Crippen LogP contribution in [-0.4, -0.2) is 67.5 Å². The number of nitrogens with zero attached hydrogens (tertiary/aromatic N) is 2. The summed E-state index contributed by atoms with van der Waals surface area (Å²) in [5.74, 6) is 2.06. The first-order chi connectivity index (χ1) is 12.6. The normalized spacial score (nSPS) is 13.4. The molecule has 0 bridgehead atoms. The number of terminal acetylenes is 1. The maximum absolute atomic E-state index is 11.5. The van der Waals surface area contributed by atoms with E-state index < -0.39 is 37.4 Å². The van der Waals surface area contributed by atoms with E-state index in [0.29, 0.717) is 0 Å². The molecular formula is C16H28N3O7P. The summed E-state index contributed by atoms with van der Waals surface area (Å²) in [7, 11) is -4.49. The Labute approximate surface area is 158 Å². The average Bonchev–Trinajstić information content (AvgIpc) is 2.62. The number of aliphatic hydroxyl groups excluding tert-OH is 1. The molecule has 1 atom stereocenters. The van der Waals surface area contributed by atoms with Crippen molar-refractivity contribution in [2.45, 2.75) is 32.9 Å².